The molecule has 0 radical (unpaired) electrons. The van der Waals surface area contributed by atoms with Gasteiger partial charge in [0.2, 0.25) is 0 Å². The molecule has 0 aliphatic rings. The number of para-hydroxylation sites is 1. The third-order valence-electron chi connectivity index (χ3n) is 1.94. The molecule has 0 fully saturated rings. The Morgan fingerprint density at radius 3 is 2.71 bits per heavy atom. The van der Waals surface area contributed by atoms with Crippen LogP contribution in [0.25, 0.3) is 0 Å². The molecule has 92 valence electrons. The molecule has 0 aliphatic heterocycles. The Bertz CT molecular complexity index is 430. The number of ether oxygens (including phenoxy) is 1. The molecule has 0 atom stereocenters. The summed E-state index contributed by atoms with van der Waals surface area (Å²) in [6, 6.07) is 4.04. The number of anilines is 1. The second-order valence-electron chi connectivity index (χ2n) is 3.27. The van der Waals surface area contributed by atoms with Crippen molar-refractivity contribution in [3.8, 4) is 5.75 Å². The van der Waals surface area contributed by atoms with E-state index in [1.807, 2.05) is 6.92 Å². The summed E-state index contributed by atoms with van der Waals surface area (Å²) >= 11 is 0. The lowest BCUT2D eigenvalue weighted by atomic mass is 10.2. The van der Waals surface area contributed by atoms with Gasteiger partial charge in [0, 0.05) is 0 Å². The molecule has 1 amide bonds. The number of carbonyl (C=O) groups is 2. The van der Waals surface area contributed by atoms with Crippen molar-refractivity contribution in [2.75, 3.05) is 11.9 Å². The van der Waals surface area contributed by atoms with Crippen LogP contribution < -0.4 is 5.32 Å². The molecule has 0 saturated heterocycles. The summed E-state index contributed by atoms with van der Waals surface area (Å²) in [5.41, 5.74) is -0.274. The van der Waals surface area contributed by atoms with E-state index in [9.17, 15) is 14.7 Å². The van der Waals surface area contributed by atoms with Gasteiger partial charge < -0.3 is 14.9 Å². The van der Waals surface area contributed by atoms with Gasteiger partial charge in [0.25, 0.3) is 0 Å². The number of phenols is 1. The van der Waals surface area contributed by atoms with Crippen LogP contribution in [-0.4, -0.2) is 28.9 Å². The number of carbonyl (C=O) groups excluding carboxylic acids is 1. The van der Waals surface area contributed by atoms with Gasteiger partial charge in [-0.05, 0) is 18.6 Å². The lowest BCUT2D eigenvalue weighted by Crippen LogP contribution is -2.14. The van der Waals surface area contributed by atoms with E-state index in [1.54, 1.807) is 0 Å². The maximum absolute atomic E-state index is 11.2. The molecule has 6 heteroatoms. The molecule has 0 aliphatic carbocycles. The molecular weight excluding hydrogens is 226 g/mol. The summed E-state index contributed by atoms with van der Waals surface area (Å²) in [5.74, 6) is -1.76. The van der Waals surface area contributed by atoms with Crippen molar-refractivity contribution < 1.29 is 24.5 Å². The maximum atomic E-state index is 11.2. The Labute approximate surface area is 97.8 Å². The third kappa shape index (κ3) is 3.37. The summed E-state index contributed by atoms with van der Waals surface area (Å²) in [6.07, 6.45) is -0.0566. The van der Waals surface area contributed by atoms with Gasteiger partial charge in [0.1, 0.15) is 5.56 Å². The number of carboxylic acid groups (broad SMARTS) is 1. The van der Waals surface area contributed by atoms with Crippen LogP contribution in [0.4, 0.5) is 10.5 Å². The molecule has 0 unspecified atom stereocenters. The van der Waals surface area contributed by atoms with E-state index in [0.29, 0.717) is 6.42 Å². The minimum absolute atomic E-state index is 0.00556. The van der Waals surface area contributed by atoms with Crippen molar-refractivity contribution in [3.63, 3.8) is 0 Å². The van der Waals surface area contributed by atoms with Crippen molar-refractivity contribution in [2.24, 2.45) is 0 Å². The van der Waals surface area contributed by atoms with Gasteiger partial charge in [-0.3, -0.25) is 5.32 Å². The summed E-state index contributed by atoms with van der Waals surface area (Å²) in [7, 11) is 0. The molecule has 0 saturated carbocycles. The van der Waals surface area contributed by atoms with Gasteiger partial charge in [0.05, 0.1) is 12.3 Å². The van der Waals surface area contributed by atoms with E-state index in [2.05, 4.69) is 5.32 Å². The van der Waals surface area contributed by atoms with Crippen LogP contribution >= 0.6 is 0 Å². The van der Waals surface area contributed by atoms with Gasteiger partial charge in [-0.25, -0.2) is 9.59 Å². The first-order chi connectivity index (χ1) is 8.06. The van der Waals surface area contributed by atoms with Gasteiger partial charge in [-0.2, -0.15) is 0 Å². The first-order valence-electron chi connectivity index (χ1n) is 5.05. The number of amides is 1. The number of rotatable bonds is 4. The highest BCUT2D eigenvalue weighted by molar-refractivity contribution is 5.96. The second-order valence-corrected chi connectivity index (χ2v) is 3.27. The average Bonchev–Trinajstić information content (AvgIpc) is 2.28. The first kappa shape index (κ1) is 12.8. The quantitative estimate of drug-likeness (QED) is 0.699. The molecular formula is C11H13NO5. The molecule has 1 rings (SSSR count). The number of nitrogens with one attached hydrogen (secondary N) is 1. The fraction of sp³-hybridized carbons (Fsp3) is 0.273. The monoisotopic (exact) mass is 239 g/mol. The highest BCUT2D eigenvalue weighted by atomic mass is 16.5. The van der Waals surface area contributed by atoms with Crippen LogP contribution in [0.1, 0.15) is 23.7 Å². The van der Waals surface area contributed by atoms with E-state index < -0.39 is 17.8 Å². The van der Waals surface area contributed by atoms with Crippen LogP contribution in [0.3, 0.4) is 0 Å². The Balaban J connectivity index is 2.81. The summed E-state index contributed by atoms with van der Waals surface area (Å²) < 4.78 is 4.74. The van der Waals surface area contributed by atoms with Gasteiger partial charge in [-0.1, -0.05) is 13.0 Å². The Kier molecular flexibility index (Phi) is 4.33. The number of carboxylic acids is 1. The molecule has 0 heterocycles. The Morgan fingerprint density at radius 1 is 1.41 bits per heavy atom. The Morgan fingerprint density at radius 2 is 2.12 bits per heavy atom. The van der Waals surface area contributed by atoms with E-state index in [4.69, 9.17) is 9.84 Å². The average molecular weight is 239 g/mol. The number of aromatic carboxylic acids is 1. The second kappa shape index (κ2) is 5.74. The minimum atomic E-state index is -1.27. The molecule has 3 N–H and O–H groups in total. The zero-order valence-electron chi connectivity index (χ0n) is 9.27. The maximum Gasteiger partial charge on any atom is 0.411 e. The van der Waals surface area contributed by atoms with Crippen molar-refractivity contribution in [1.29, 1.82) is 0 Å². The van der Waals surface area contributed by atoms with Crippen molar-refractivity contribution >= 4 is 17.7 Å². The van der Waals surface area contributed by atoms with Crippen molar-refractivity contribution in [2.45, 2.75) is 13.3 Å². The van der Waals surface area contributed by atoms with Crippen LogP contribution in [0, 0.1) is 0 Å². The third-order valence-corrected chi connectivity index (χ3v) is 1.94. The molecule has 1 aromatic rings. The molecule has 17 heavy (non-hydrogen) atoms. The highest BCUT2D eigenvalue weighted by Crippen LogP contribution is 2.27. The largest absolute Gasteiger partial charge is 0.505 e. The smallest absolute Gasteiger partial charge is 0.411 e. The first-order valence-corrected chi connectivity index (χ1v) is 5.05. The Hall–Kier alpha value is -2.24. The number of hydrogen-bond acceptors (Lipinski definition) is 4. The molecule has 1 aromatic carbocycles. The molecule has 0 bridgehead atoms. The fourth-order valence-corrected chi connectivity index (χ4v) is 1.16. The lowest BCUT2D eigenvalue weighted by Gasteiger charge is -2.09. The summed E-state index contributed by atoms with van der Waals surface area (Å²) in [6.45, 7) is 2.10. The van der Waals surface area contributed by atoms with Gasteiger partial charge >= 0.3 is 12.1 Å². The molecule has 0 spiro atoms. The van der Waals surface area contributed by atoms with Crippen LogP contribution in [0.2, 0.25) is 0 Å². The van der Waals surface area contributed by atoms with Crippen molar-refractivity contribution in [1.82, 2.24) is 0 Å². The van der Waals surface area contributed by atoms with E-state index in [-0.39, 0.29) is 17.9 Å². The van der Waals surface area contributed by atoms with E-state index in [0.717, 1.165) is 0 Å². The number of aromatic hydroxyl groups is 1. The van der Waals surface area contributed by atoms with Crippen LogP contribution in [-0.2, 0) is 4.74 Å². The molecule has 0 aromatic heterocycles. The normalized spacial score (nSPS) is 9.71. The highest BCUT2D eigenvalue weighted by Gasteiger charge is 2.14. The standard InChI is InChI=1S/C11H13NO5/c1-2-6-17-11(16)12-8-5-3-4-7(9(8)13)10(14)15/h3-5,13H,2,6H2,1H3,(H,12,16)(H,14,15). The van der Waals surface area contributed by atoms with Crippen molar-refractivity contribution in [3.05, 3.63) is 23.8 Å². The fourth-order valence-electron chi connectivity index (χ4n) is 1.16. The summed E-state index contributed by atoms with van der Waals surface area (Å²) in [4.78, 5) is 21.9. The molecule has 6 nitrogen and oxygen atoms in total. The SMILES string of the molecule is CCCOC(=O)Nc1cccc(C(=O)O)c1O. The van der Waals surface area contributed by atoms with E-state index >= 15 is 0 Å². The van der Waals surface area contributed by atoms with Gasteiger partial charge in [0.15, 0.2) is 5.75 Å². The minimum Gasteiger partial charge on any atom is -0.505 e. The predicted molar refractivity (Wildman–Crippen MR) is 60.3 cm³/mol. The number of hydrogen-bond donors (Lipinski definition) is 3. The van der Waals surface area contributed by atoms with Crippen LogP contribution in [0.5, 0.6) is 5.75 Å². The summed E-state index contributed by atoms with van der Waals surface area (Å²) in [5, 5.41) is 20.6. The zero-order chi connectivity index (χ0) is 12.8. The lowest BCUT2D eigenvalue weighted by molar-refractivity contribution is 0.0693. The van der Waals surface area contributed by atoms with E-state index in [1.165, 1.54) is 18.2 Å². The predicted octanol–water partition coefficient (Wildman–Crippen LogP) is 2.05. The van der Waals surface area contributed by atoms with Crippen LogP contribution in [0.15, 0.2) is 18.2 Å². The zero-order valence-corrected chi connectivity index (χ0v) is 9.27. The number of benzene rings is 1. The van der Waals surface area contributed by atoms with Gasteiger partial charge in [-0.15, -0.1) is 0 Å². The topological polar surface area (TPSA) is 95.9 Å².